The SMILES string of the molecule is O=C(O)c1cc(N2C[C@H]3CN(C(=O)C4CCC4)[C@H](c4ccccc4)[C@H]3C2)ccn1. The second kappa shape index (κ2) is 7.17. The van der Waals surface area contributed by atoms with Crippen molar-refractivity contribution in [1.29, 1.82) is 0 Å². The minimum absolute atomic E-state index is 0.0703. The summed E-state index contributed by atoms with van der Waals surface area (Å²) in [6.07, 6.45) is 4.77. The molecule has 0 radical (unpaired) electrons. The van der Waals surface area contributed by atoms with Gasteiger partial charge in [-0.05, 0) is 30.5 Å². The number of hydrogen-bond donors (Lipinski definition) is 1. The first kappa shape index (κ1) is 18.2. The zero-order valence-electron chi connectivity index (χ0n) is 16.3. The van der Waals surface area contributed by atoms with Gasteiger partial charge in [0.15, 0.2) is 0 Å². The third-order valence-corrected chi connectivity index (χ3v) is 6.87. The molecule has 2 aromatic rings. The number of aromatic nitrogens is 1. The van der Waals surface area contributed by atoms with E-state index in [0.29, 0.717) is 17.7 Å². The predicted molar refractivity (Wildman–Crippen MR) is 109 cm³/mol. The molecule has 3 atom stereocenters. The maximum absolute atomic E-state index is 13.2. The fourth-order valence-corrected chi connectivity index (χ4v) is 5.18. The normalized spacial score (nSPS) is 26.3. The summed E-state index contributed by atoms with van der Waals surface area (Å²) in [4.78, 5) is 32.8. The highest BCUT2D eigenvalue weighted by Crippen LogP contribution is 2.47. The molecule has 0 unspecified atom stereocenters. The number of rotatable bonds is 4. The molecule has 2 aliphatic heterocycles. The summed E-state index contributed by atoms with van der Waals surface area (Å²) >= 11 is 0. The molecule has 3 aliphatic rings. The van der Waals surface area contributed by atoms with E-state index in [1.165, 1.54) is 5.56 Å². The highest BCUT2D eigenvalue weighted by Gasteiger charge is 2.50. The Kier molecular flexibility index (Phi) is 4.49. The monoisotopic (exact) mass is 391 g/mol. The lowest BCUT2D eigenvalue weighted by atomic mass is 9.83. The zero-order valence-corrected chi connectivity index (χ0v) is 16.3. The molecule has 6 nitrogen and oxygen atoms in total. The van der Waals surface area contributed by atoms with E-state index >= 15 is 0 Å². The van der Waals surface area contributed by atoms with Crippen molar-refractivity contribution in [3.05, 3.63) is 59.9 Å². The van der Waals surface area contributed by atoms with Crippen LogP contribution in [0.1, 0.15) is 41.4 Å². The number of fused-ring (bicyclic) bond motifs is 1. The van der Waals surface area contributed by atoms with E-state index in [9.17, 15) is 14.7 Å². The van der Waals surface area contributed by atoms with Crippen molar-refractivity contribution in [2.75, 3.05) is 24.5 Å². The Balaban J connectivity index is 1.42. The van der Waals surface area contributed by atoms with Crippen LogP contribution in [0, 0.1) is 17.8 Å². The van der Waals surface area contributed by atoms with Gasteiger partial charge in [0.1, 0.15) is 5.69 Å². The number of carboxylic acids is 1. The average Bonchev–Trinajstić information content (AvgIpc) is 3.25. The van der Waals surface area contributed by atoms with Crippen molar-refractivity contribution in [3.8, 4) is 0 Å². The predicted octanol–water partition coefficient (Wildman–Crippen LogP) is 3.22. The van der Waals surface area contributed by atoms with Crippen LogP contribution in [0.25, 0.3) is 0 Å². The lowest BCUT2D eigenvalue weighted by Crippen LogP contribution is -2.41. The number of hydrogen-bond acceptors (Lipinski definition) is 4. The van der Waals surface area contributed by atoms with E-state index in [-0.39, 0.29) is 17.7 Å². The molecule has 1 aromatic heterocycles. The summed E-state index contributed by atoms with van der Waals surface area (Å²) in [7, 11) is 0. The van der Waals surface area contributed by atoms with Crippen LogP contribution in [0.5, 0.6) is 0 Å². The number of benzene rings is 1. The number of carboxylic acid groups (broad SMARTS) is 1. The van der Waals surface area contributed by atoms with E-state index < -0.39 is 5.97 Å². The Labute approximate surface area is 170 Å². The maximum Gasteiger partial charge on any atom is 0.354 e. The van der Waals surface area contributed by atoms with Gasteiger partial charge in [0.25, 0.3) is 0 Å². The minimum Gasteiger partial charge on any atom is -0.477 e. The summed E-state index contributed by atoms with van der Waals surface area (Å²) in [5.74, 6) is 0.261. The van der Waals surface area contributed by atoms with Crippen molar-refractivity contribution < 1.29 is 14.7 Å². The number of anilines is 1. The molecular weight excluding hydrogens is 366 g/mol. The lowest BCUT2D eigenvalue weighted by Gasteiger charge is -2.35. The molecule has 150 valence electrons. The van der Waals surface area contributed by atoms with E-state index in [1.54, 1.807) is 12.3 Å². The van der Waals surface area contributed by atoms with Crippen LogP contribution in [0.15, 0.2) is 48.7 Å². The number of aromatic carboxylic acids is 1. The van der Waals surface area contributed by atoms with E-state index in [1.807, 2.05) is 24.3 Å². The van der Waals surface area contributed by atoms with Gasteiger partial charge in [0.2, 0.25) is 5.91 Å². The fraction of sp³-hybridized carbons (Fsp3) is 0.435. The standard InChI is InChI=1S/C23H25N3O3/c27-22(16-7-4-8-16)26-13-17-12-25(18-9-10-24-20(11-18)23(28)29)14-19(17)21(26)15-5-2-1-3-6-15/h1-3,5-6,9-11,16-17,19,21H,4,7-8,12-14H2,(H,28,29)/t17-,19-,21+/m0/s1. The number of nitrogens with zero attached hydrogens (tertiary/aromatic N) is 3. The van der Waals surface area contributed by atoms with E-state index in [0.717, 1.165) is 44.6 Å². The molecule has 6 heteroatoms. The third kappa shape index (κ3) is 3.16. The van der Waals surface area contributed by atoms with Crippen molar-refractivity contribution in [1.82, 2.24) is 9.88 Å². The largest absolute Gasteiger partial charge is 0.477 e. The van der Waals surface area contributed by atoms with Crippen LogP contribution in [-0.4, -0.2) is 46.5 Å². The van der Waals surface area contributed by atoms with Gasteiger partial charge < -0.3 is 14.9 Å². The highest BCUT2D eigenvalue weighted by atomic mass is 16.4. The van der Waals surface area contributed by atoms with Crippen LogP contribution in [0.3, 0.4) is 0 Å². The molecule has 5 rings (SSSR count). The summed E-state index contributed by atoms with van der Waals surface area (Å²) < 4.78 is 0. The number of likely N-dealkylation sites (tertiary alicyclic amines) is 1. The Hall–Kier alpha value is -2.89. The molecule has 29 heavy (non-hydrogen) atoms. The Morgan fingerprint density at radius 3 is 2.52 bits per heavy atom. The summed E-state index contributed by atoms with van der Waals surface area (Å²) in [5.41, 5.74) is 2.17. The minimum atomic E-state index is -1.01. The first-order valence-corrected chi connectivity index (χ1v) is 10.4. The van der Waals surface area contributed by atoms with Crippen molar-refractivity contribution in [2.24, 2.45) is 17.8 Å². The molecule has 2 saturated heterocycles. The Bertz CT molecular complexity index is 928. The molecule has 1 N–H and O–H groups in total. The number of carbonyl (C=O) groups is 2. The van der Waals surface area contributed by atoms with Crippen LogP contribution < -0.4 is 4.90 Å². The second-order valence-corrected chi connectivity index (χ2v) is 8.51. The summed E-state index contributed by atoms with van der Waals surface area (Å²) in [5, 5.41) is 9.26. The van der Waals surface area contributed by atoms with E-state index in [2.05, 4.69) is 26.9 Å². The zero-order chi connectivity index (χ0) is 20.0. The third-order valence-electron chi connectivity index (χ3n) is 6.87. The molecule has 1 aliphatic carbocycles. The van der Waals surface area contributed by atoms with Crippen molar-refractivity contribution >= 4 is 17.6 Å². The Morgan fingerprint density at radius 2 is 1.83 bits per heavy atom. The topological polar surface area (TPSA) is 73.7 Å². The molecule has 3 heterocycles. The summed E-state index contributed by atoms with van der Waals surface area (Å²) in [6.45, 7) is 2.44. The summed E-state index contributed by atoms with van der Waals surface area (Å²) in [6, 6.07) is 14.0. The van der Waals surface area contributed by atoms with Crippen LogP contribution in [0.2, 0.25) is 0 Å². The van der Waals surface area contributed by atoms with Crippen LogP contribution >= 0.6 is 0 Å². The molecule has 0 bridgehead atoms. The molecule has 0 spiro atoms. The first-order chi connectivity index (χ1) is 14.1. The van der Waals surface area contributed by atoms with Gasteiger partial charge in [0.05, 0.1) is 6.04 Å². The number of amides is 1. The number of pyridine rings is 1. The van der Waals surface area contributed by atoms with Crippen LogP contribution in [0.4, 0.5) is 5.69 Å². The lowest BCUT2D eigenvalue weighted by molar-refractivity contribution is -0.139. The molecule has 1 saturated carbocycles. The number of carbonyl (C=O) groups excluding carboxylic acids is 1. The Morgan fingerprint density at radius 1 is 1.03 bits per heavy atom. The molecule has 3 fully saturated rings. The van der Waals surface area contributed by atoms with Gasteiger partial charge >= 0.3 is 5.97 Å². The molecular formula is C23H25N3O3. The smallest absolute Gasteiger partial charge is 0.354 e. The van der Waals surface area contributed by atoms with E-state index in [4.69, 9.17) is 0 Å². The van der Waals surface area contributed by atoms with Gasteiger partial charge in [-0.25, -0.2) is 9.78 Å². The second-order valence-electron chi connectivity index (χ2n) is 8.51. The first-order valence-electron chi connectivity index (χ1n) is 10.4. The molecule has 1 amide bonds. The van der Waals surface area contributed by atoms with Crippen molar-refractivity contribution in [3.63, 3.8) is 0 Å². The fourth-order valence-electron chi connectivity index (χ4n) is 5.18. The highest BCUT2D eigenvalue weighted by molar-refractivity contribution is 5.86. The maximum atomic E-state index is 13.2. The quantitative estimate of drug-likeness (QED) is 0.866. The van der Waals surface area contributed by atoms with Gasteiger partial charge in [0, 0.05) is 49.3 Å². The average molecular weight is 391 g/mol. The van der Waals surface area contributed by atoms with Crippen molar-refractivity contribution in [2.45, 2.75) is 25.3 Å². The van der Waals surface area contributed by atoms with Gasteiger partial charge in [-0.15, -0.1) is 0 Å². The van der Waals surface area contributed by atoms with Gasteiger partial charge in [-0.2, -0.15) is 0 Å². The molecule has 1 aromatic carbocycles. The van der Waals surface area contributed by atoms with Gasteiger partial charge in [-0.3, -0.25) is 4.79 Å². The van der Waals surface area contributed by atoms with Gasteiger partial charge in [-0.1, -0.05) is 36.8 Å². The van der Waals surface area contributed by atoms with Crippen LogP contribution in [-0.2, 0) is 4.79 Å².